The summed E-state index contributed by atoms with van der Waals surface area (Å²) in [5.74, 6) is 3.27. The van der Waals surface area contributed by atoms with E-state index in [1.165, 1.54) is 6.21 Å². The van der Waals surface area contributed by atoms with Crippen molar-refractivity contribution in [2.45, 2.75) is 6.54 Å². The number of carbonyl (C=O) groups is 1. The number of benzene rings is 3. The molecule has 0 aliphatic rings. The second-order valence-corrected chi connectivity index (χ2v) is 6.58. The Labute approximate surface area is 173 Å². The van der Waals surface area contributed by atoms with Gasteiger partial charge in [0.2, 0.25) is 0 Å². The minimum Gasteiger partial charge on any atom is -0.508 e. The SMILES string of the molecule is C#CCn1c(-c2ccc(C(=O)N/N=C/c3ccc(O)cc3)cc2)nc2ccccc21. The van der Waals surface area contributed by atoms with E-state index in [1.807, 2.05) is 41.0 Å². The van der Waals surface area contributed by atoms with E-state index in [1.54, 1.807) is 36.4 Å². The number of nitrogens with zero attached hydrogens (tertiary/aromatic N) is 3. The van der Waals surface area contributed by atoms with Gasteiger partial charge in [0.05, 0.1) is 23.8 Å². The highest BCUT2D eigenvalue weighted by Gasteiger charge is 2.12. The van der Waals surface area contributed by atoms with Gasteiger partial charge in [0.25, 0.3) is 5.91 Å². The molecule has 0 saturated heterocycles. The Morgan fingerprint density at radius 3 is 2.57 bits per heavy atom. The van der Waals surface area contributed by atoms with E-state index in [9.17, 15) is 9.90 Å². The summed E-state index contributed by atoms with van der Waals surface area (Å²) in [6, 6.07) is 21.4. The largest absolute Gasteiger partial charge is 0.508 e. The zero-order valence-corrected chi connectivity index (χ0v) is 16.0. The monoisotopic (exact) mass is 394 g/mol. The third-order valence-electron chi connectivity index (χ3n) is 4.58. The molecule has 4 rings (SSSR count). The second-order valence-electron chi connectivity index (χ2n) is 6.58. The van der Waals surface area contributed by atoms with Crippen molar-refractivity contribution in [2.75, 3.05) is 0 Å². The third-order valence-corrected chi connectivity index (χ3v) is 4.58. The fourth-order valence-electron chi connectivity index (χ4n) is 3.11. The highest BCUT2D eigenvalue weighted by atomic mass is 16.3. The molecule has 1 heterocycles. The first-order valence-electron chi connectivity index (χ1n) is 9.27. The molecule has 0 bridgehead atoms. The van der Waals surface area contributed by atoms with Crippen LogP contribution in [0.25, 0.3) is 22.4 Å². The minimum atomic E-state index is -0.325. The first-order valence-corrected chi connectivity index (χ1v) is 9.27. The number of rotatable bonds is 5. The predicted molar refractivity (Wildman–Crippen MR) is 117 cm³/mol. The number of aromatic hydroxyl groups is 1. The standard InChI is InChI=1S/C24H18N4O2/c1-2-15-28-22-6-4-3-5-21(22)26-23(28)18-9-11-19(12-10-18)24(30)27-25-16-17-7-13-20(29)14-8-17/h1,3-14,16,29H,15H2,(H,27,30)/b25-16+. The molecule has 0 aliphatic carbocycles. The molecule has 0 aliphatic heterocycles. The molecule has 0 atom stereocenters. The highest BCUT2D eigenvalue weighted by molar-refractivity contribution is 5.95. The summed E-state index contributed by atoms with van der Waals surface area (Å²) in [6.45, 7) is 0.407. The number of phenols is 1. The molecule has 6 nitrogen and oxygen atoms in total. The molecular formula is C24H18N4O2. The average Bonchev–Trinajstić information content (AvgIpc) is 3.14. The molecule has 0 fully saturated rings. The van der Waals surface area contributed by atoms with Crippen LogP contribution in [0, 0.1) is 12.3 Å². The Kier molecular flexibility index (Phi) is 5.27. The Balaban J connectivity index is 1.52. The Morgan fingerprint density at radius 2 is 1.83 bits per heavy atom. The van der Waals surface area contributed by atoms with E-state index in [0.29, 0.717) is 12.1 Å². The number of amides is 1. The number of hydrogen-bond acceptors (Lipinski definition) is 4. The molecule has 3 aromatic carbocycles. The summed E-state index contributed by atoms with van der Waals surface area (Å²) in [7, 11) is 0. The molecule has 6 heteroatoms. The van der Waals surface area contributed by atoms with Crippen LogP contribution in [-0.2, 0) is 6.54 Å². The van der Waals surface area contributed by atoms with Gasteiger partial charge in [-0.2, -0.15) is 5.10 Å². The maximum atomic E-state index is 12.3. The number of para-hydroxylation sites is 2. The number of phenolic OH excluding ortho intramolecular Hbond substituents is 1. The lowest BCUT2D eigenvalue weighted by Gasteiger charge is -2.06. The average molecular weight is 394 g/mol. The molecule has 1 amide bonds. The number of imidazole rings is 1. The van der Waals surface area contributed by atoms with E-state index in [-0.39, 0.29) is 11.7 Å². The zero-order valence-electron chi connectivity index (χ0n) is 16.0. The van der Waals surface area contributed by atoms with Crippen molar-refractivity contribution >= 4 is 23.2 Å². The Hall–Kier alpha value is -4.37. The summed E-state index contributed by atoms with van der Waals surface area (Å²) in [5.41, 5.74) is 6.43. The molecule has 0 radical (unpaired) electrons. The third kappa shape index (κ3) is 3.91. The van der Waals surface area contributed by atoms with Crippen molar-refractivity contribution < 1.29 is 9.90 Å². The molecule has 0 saturated carbocycles. The van der Waals surface area contributed by atoms with Gasteiger partial charge >= 0.3 is 0 Å². The summed E-state index contributed by atoms with van der Waals surface area (Å²) in [4.78, 5) is 17.0. The van der Waals surface area contributed by atoms with E-state index in [0.717, 1.165) is 28.0 Å². The van der Waals surface area contributed by atoms with Gasteiger partial charge in [0.1, 0.15) is 11.6 Å². The quantitative estimate of drug-likeness (QED) is 0.307. The van der Waals surface area contributed by atoms with Gasteiger partial charge in [-0.05, 0) is 54.1 Å². The van der Waals surface area contributed by atoms with Crippen LogP contribution in [0.4, 0.5) is 0 Å². The lowest BCUT2D eigenvalue weighted by molar-refractivity contribution is 0.0955. The summed E-state index contributed by atoms with van der Waals surface area (Å²) in [6.07, 6.45) is 7.05. The lowest BCUT2D eigenvalue weighted by atomic mass is 10.1. The van der Waals surface area contributed by atoms with Crippen LogP contribution in [0.15, 0.2) is 77.9 Å². The molecule has 30 heavy (non-hydrogen) atoms. The van der Waals surface area contributed by atoms with Gasteiger partial charge < -0.3 is 9.67 Å². The fraction of sp³-hybridized carbons (Fsp3) is 0.0417. The van der Waals surface area contributed by atoms with Crippen LogP contribution in [0.2, 0.25) is 0 Å². The smallest absolute Gasteiger partial charge is 0.271 e. The number of carbonyl (C=O) groups excluding carboxylic acids is 1. The molecule has 0 spiro atoms. The van der Waals surface area contributed by atoms with Crippen LogP contribution >= 0.6 is 0 Å². The van der Waals surface area contributed by atoms with Crippen LogP contribution < -0.4 is 5.43 Å². The first-order chi connectivity index (χ1) is 14.7. The number of terminal acetylenes is 1. The Morgan fingerprint density at radius 1 is 1.10 bits per heavy atom. The van der Waals surface area contributed by atoms with E-state index in [4.69, 9.17) is 11.4 Å². The summed E-state index contributed by atoms with van der Waals surface area (Å²) >= 11 is 0. The zero-order chi connectivity index (χ0) is 20.9. The van der Waals surface area contributed by atoms with Crippen molar-refractivity contribution in [3.63, 3.8) is 0 Å². The van der Waals surface area contributed by atoms with Gasteiger partial charge in [-0.3, -0.25) is 4.79 Å². The number of hydrazone groups is 1. The van der Waals surface area contributed by atoms with Gasteiger partial charge in [0, 0.05) is 11.1 Å². The maximum Gasteiger partial charge on any atom is 0.271 e. The van der Waals surface area contributed by atoms with Crippen LogP contribution in [0.1, 0.15) is 15.9 Å². The van der Waals surface area contributed by atoms with Gasteiger partial charge in [-0.1, -0.05) is 30.2 Å². The minimum absolute atomic E-state index is 0.173. The predicted octanol–water partition coefficient (Wildman–Crippen LogP) is 3.81. The van der Waals surface area contributed by atoms with Crippen LogP contribution in [0.5, 0.6) is 5.75 Å². The number of hydrogen-bond donors (Lipinski definition) is 2. The lowest BCUT2D eigenvalue weighted by Crippen LogP contribution is -2.17. The Bertz CT molecular complexity index is 1260. The molecule has 2 N–H and O–H groups in total. The maximum absolute atomic E-state index is 12.3. The van der Waals surface area contributed by atoms with Gasteiger partial charge in [-0.15, -0.1) is 6.42 Å². The van der Waals surface area contributed by atoms with Gasteiger partial charge in [-0.25, -0.2) is 10.4 Å². The van der Waals surface area contributed by atoms with E-state index in [2.05, 4.69) is 16.4 Å². The molecular weight excluding hydrogens is 376 g/mol. The second kappa shape index (κ2) is 8.33. The fourth-order valence-corrected chi connectivity index (χ4v) is 3.11. The van der Waals surface area contributed by atoms with E-state index >= 15 is 0 Å². The number of nitrogens with one attached hydrogen (secondary N) is 1. The van der Waals surface area contributed by atoms with Gasteiger partial charge in [0.15, 0.2) is 0 Å². The first kappa shape index (κ1) is 19.0. The normalized spacial score (nSPS) is 10.9. The molecule has 1 aromatic heterocycles. The molecule has 0 unspecified atom stereocenters. The topological polar surface area (TPSA) is 79.5 Å². The van der Waals surface area contributed by atoms with Crippen molar-refractivity contribution in [2.24, 2.45) is 5.10 Å². The molecule has 146 valence electrons. The number of aromatic nitrogens is 2. The van der Waals surface area contributed by atoms with Crippen LogP contribution in [0.3, 0.4) is 0 Å². The molecule has 4 aromatic rings. The summed E-state index contributed by atoms with van der Waals surface area (Å²) in [5, 5.41) is 13.2. The summed E-state index contributed by atoms with van der Waals surface area (Å²) < 4.78 is 1.98. The van der Waals surface area contributed by atoms with Crippen molar-refractivity contribution in [3.05, 3.63) is 83.9 Å². The highest BCUT2D eigenvalue weighted by Crippen LogP contribution is 2.25. The van der Waals surface area contributed by atoms with Crippen LogP contribution in [-0.4, -0.2) is 26.8 Å². The van der Waals surface area contributed by atoms with Crippen molar-refractivity contribution in [1.29, 1.82) is 0 Å². The van der Waals surface area contributed by atoms with Crippen molar-refractivity contribution in [3.8, 4) is 29.5 Å². The van der Waals surface area contributed by atoms with E-state index < -0.39 is 0 Å². The number of fused-ring (bicyclic) bond motifs is 1. The van der Waals surface area contributed by atoms with Crippen molar-refractivity contribution in [1.82, 2.24) is 15.0 Å².